The second-order valence-corrected chi connectivity index (χ2v) is 6.44. The van der Waals surface area contributed by atoms with Gasteiger partial charge in [-0.2, -0.15) is 0 Å². The van der Waals surface area contributed by atoms with Crippen LogP contribution in [0.3, 0.4) is 0 Å². The third-order valence-corrected chi connectivity index (χ3v) is 4.57. The van der Waals surface area contributed by atoms with Gasteiger partial charge in [0.2, 0.25) is 0 Å². The first kappa shape index (κ1) is 19.5. The fourth-order valence-corrected chi connectivity index (χ4v) is 3.20. The summed E-state index contributed by atoms with van der Waals surface area (Å²) in [5, 5.41) is 3.39. The normalized spacial score (nSPS) is 23.5. The van der Waals surface area contributed by atoms with E-state index in [0.717, 1.165) is 64.7 Å². The van der Waals surface area contributed by atoms with E-state index in [4.69, 9.17) is 14.2 Å². The maximum absolute atomic E-state index is 6.09. The molecule has 0 amide bonds. The van der Waals surface area contributed by atoms with Crippen molar-refractivity contribution in [2.75, 3.05) is 52.6 Å². The summed E-state index contributed by atoms with van der Waals surface area (Å²) < 4.78 is 17.2. The highest BCUT2D eigenvalue weighted by Crippen LogP contribution is 2.17. The lowest BCUT2D eigenvalue weighted by Crippen LogP contribution is -2.47. The number of rotatable bonds is 8. The Bertz CT molecular complexity index is 351. The van der Waals surface area contributed by atoms with Crippen LogP contribution >= 0.6 is 0 Å². The van der Waals surface area contributed by atoms with E-state index in [9.17, 15) is 0 Å². The SMILES string of the molecule is CCNC(=NCCOCC)N1CCC(OCC2CCCCO2)CC1. The second kappa shape index (κ2) is 11.7. The van der Waals surface area contributed by atoms with Crippen molar-refractivity contribution in [2.45, 2.75) is 58.2 Å². The Hall–Kier alpha value is -0.850. The summed E-state index contributed by atoms with van der Waals surface area (Å²) in [5.74, 6) is 1.01. The van der Waals surface area contributed by atoms with Crippen LogP contribution in [0.25, 0.3) is 0 Å². The van der Waals surface area contributed by atoms with Crippen LogP contribution in [0, 0.1) is 0 Å². The highest BCUT2D eigenvalue weighted by atomic mass is 16.5. The molecular formula is C18H35N3O3. The van der Waals surface area contributed by atoms with Crippen LogP contribution in [-0.4, -0.2) is 75.7 Å². The minimum Gasteiger partial charge on any atom is -0.380 e. The molecule has 2 heterocycles. The number of hydrogen-bond donors (Lipinski definition) is 1. The summed E-state index contributed by atoms with van der Waals surface area (Å²) in [4.78, 5) is 7.00. The number of likely N-dealkylation sites (tertiary alicyclic amines) is 1. The predicted molar refractivity (Wildman–Crippen MR) is 96.6 cm³/mol. The van der Waals surface area contributed by atoms with E-state index in [2.05, 4.69) is 22.1 Å². The van der Waals surface area contributed by atoms with Crippen molar-refractivity contribution >= 4 is 5.96 Å². The zero-order valence-electron chi connectivity index (χ0n) is 15.5. The van der Waals surface area contributed by atoms with Crippen LogP contribution < -0.4 is 5.32 Å². The van der Waals surface area contributed by atoms with Crippen LogP contribution in [0.15, 0.2) is 4.99 Å². The van der Waals surface area contributed by atoms with E-state index in [0.29, 0.717) is 25.4 Å². The average molecular weight is 341 g/mol. The van der Waals surface area contributed by atoms with E-state index in [-0.39, 0.29) is 0 Å². The first-order valence-electron chi connectivity index (χ1n) is 9.67. The van der Waals surface area contributed by atoms with E-state index < -0.39 is 0 Å². The van der Waals surface area contributed by atoms with E-state index >= 15 is 0 Å². The van der Waals surface area contributed by atoms with Crippen LogP contribution in [-0.2, 0) is 14.2 Å². The Morgan fingerprint density at radius 1 is 1.21 bits per heavy atom. The van der Waals surface area contributed by atoms with Crippen molar-refractivity contribution in [3.63, 3.8) is 0 Å². The van der Waals surface area contributed by atoms with E-state index in [1.165, 1.54) is 12.8 Å². The molecule has 0 aromatic heterocycles. The molecule has 1 atom stereocenters. The highest BCUT2D eigenvalue weighted by molar-refractivity contribution is 5.80. The summed E-state index contributed by atoms with van der Waals surface area (Å²) in [7, 11) is 0. The van der Waals surface area contributed by atoms with Crippen LogP contribution in [0.4, 0.5) is 0 Å². The van der Waals surface area contributed by atoms with Gasteiger partial charge in [0.25, 0.3) is 0 Å². The maximum atomic E-state index is 6.09. The summed E-state index contributed by atoms with van der Waals surface area (Å²) >= 11 is 0. The highest BCUT2D eigenvalue weighted by Gasteiger charge is 2.23. The molecule has 0 bridgehead atoms. The molecule has 140 valence electrons. The molecule has 0 radical (unpaired) electrons. The van der Waals surface area contributed by atoms with Gasteiger partial charge in [-0.1, -0.05) is 0 Å². The standard InChI is InChI=1S/C18H35N3O3/c1-3-19-18(20-10-14-22-4-2)21-11-8-16(9-12-21)24-15-17-7-5-6-13-23-17/h16-17H,3-15H2,1-2H3,(H,19,20). The fraction of sp³-hybridized carbons (Fsp3) is 0.944. The Morgan fingerprint density at radius 3 is 2.71 bits per heavy atom. The molecule has 2 fully saturated rings. The van der Waals surface area contributed by atoms with Crippen LogP contribution in [0.1, 0.15) is 46.0 Å². The quantitative estimate of drug-likeness (QED) is 0.416. The molecule has 2 saturated heterocycles. The predicted octanol–water partition coefficient (Wildman–Crippen LogP) is 2.04. The summed E-state index contributed by atoms with van der Waals surface area (Å²) in [6.07, 6.45) is 6.41. The number of piperidine rings is 1. The molecule has 6 nitrogen and oxygen atoms in total. The molecule has 24 heavy (non-hydrogen) atoms. The van der Waals surface area contributed by atoms with Gasteiger partial charge in [-0.15, -0.1) is 0 Å². The number of guanidine groups is 1. The second-order valence-electron chi connectivity index (χ2n) is 6.44. The van der Waals surface area contributed by atoms with Gasteiger partial charge in [0.15, 0.2) is 5.96 Å². The van der Waals surface area contributed by atoms with E-state index in [1.54, 1.807) is 0 Å². The maximum Gasteiger partial charge on any atom is 0.193 e. The summed E-state index contributed by atoms with van der Waals surface area (Å²) in [6.45, 7) is 10.8. The minimum atomic E-state index is 0.314. The molecule has 1 unspecified atom stereocenters. The van der Waals surface area contributed by atoms with Gasteiger partial charge in [0.05, 0.1) is 32.0 Å². The lowest BCUT2D eigenvalue weighted by Gasteiger charge is -2.35. The van der Waals surface area contributed by atoms with Gasteiger partial charge >= 0.3 is 0 Å². The Labute approximate surface area is 146 Å². The summed E-state index contributed by atoms with van der Waals surface area (Å²) in [5.41, 5.74) is 0. The summed E-state index contributed by atoms with van der Waals surface area (Å²) in [6, 6.07) is 0. The number of ether oxygens (including phenoxy) is 3. The van der Waals surface area contributed by atoms with Crippen molar-refractivity contribution in [1.82, 2.24) is 10.2 Å². The van der Waals surface area contributed by atoms with Gasteiger partial charge in [0, 0.05) is 32.8 Å². The van der Waals surface area contributed by atoms with Crippen LogP contribution in [0.5, 0.6) is 0 Å². The minimum absolute atomic E-state index is 0.314. The van der Waals surface area contributed by atoms with Crippen molar-refractivity contribution in [2.24, 2.45) is 4.99 Å². The van der Waals surface area contributed by atoms with Crippen molar-refractivity contribution in [3.8, 4) is 0 Å². The van der Waals surface area contributed by atoms with Gasteiger partial charge in [-0.3, -0.25) is 4.99 Å². The first-order valence-corrected chi connectivity index (χ1v) is 9.67. The Balaban J connectivity index is 1.68. The monoisotopic (exact) mass is 341 g/mol. The average Bonchev–Trinajstić information content (AvgIpc) is 2.64. The Morgan fingerprint density at radius 2 is 2.04 bits per heavy atom. The molecule has 2 aliphatic rings. The Kier molecular flexibility index (Phi) is 9.46. The lowest BCUT2D eigenvalue weighted by molar-refractivity contribution is -0.0721. The van der Waals surface area contributed by atoms with Gasteiger partial charge in [-0.25, -0.2) is 0 Å². The molecule has 2 aliphatic heterocycles. The lowest BCUT2D eigenvalue weighted by atomic mass is 10.1. The van der Waals surface area contributed by atoms with Crippen molar-refractivity contribution < 1.29 is 14.2 Å². The molecule has 6 heteroatoms. The topological polar surface area (TPSA) is 55.3 Å². The van der Waals surface area contributed by atoms with Crippen molar-refractivity contribution in [3.05, 3.63) is 0 Å². The largest absolute Gasteiger partial charge is 0.380 e. The molecule has 0 aliphatic carbocycles. The van der Waals surface area contributed by atoms with Gasteiger partial charge < -0.3 is 24.4 Å². The third-order valence-electron chi connectivity index (χ3n) is 4.57. The smallest absolute Gasteiger partial charge is 0.193 e. The zero-order valence-corrected chi connectivity index (χ0v) is 15.5. The fourth-order valence-electron chi connectivity index (χ4n) is 3.20. The molecule has 1 N–H and O–H groups in total. The first-order chi connectivity index (χ1) is 11.8. The number of nitrogens with one attached hydrogen (secondary N) is 1. The van der Waals surface area contributed by atoms with Gasteiger partial charge in [-0.05, 0) is 46.0 Å². The number of nitrogens with zero attached hydrogens (tertiary/aromatic N) is 2. The van der Waals surface area contributed by atoms with Crippen LogP contribution in [0.2, 0.25) is 0 Å². The number of hydrogen-bond acceptors (Lipinski definition) is 4. The third kappa shape index (κ3) is 6.95. The van der Waals surface area contributed by atoms with E-state index in [1.807, 2.05) is 6.92 Å². The number of aliphatic imine (C=N–C) groups is 1. The molecule has 0 spiro atoms. The van der Waals surface area contributed by atoms with Gasteiger partial charge in [0.1, 0.15) is 0 Å². The molecule has 0 aromatic carbocycles. The molecular weight excluding hydrogens is 306 g/mol. The molecule has 0 aromatic rings. The van der Waals surface area contributed by atoms with Crippen molar-refractivity contribution in [1.29, 1.82) is 0 Å². The zero-order chi connectivity index (χ0) is 17.0. The molecule has 2 rings (SSSR count). The molecule has 0 saturated carbocycles.